The number of nitriles is 1. The van der Waals surface area contributed by atoms with E-state index in [-0.39, 0.29) is 24.1 Å². The lowest BCUT2D eigenvalue weighted by Crippen LogP contribution is -2.45. The molecule has 0 fully saturated rings. The third-order valence-corrected chi connectivity index (χ3v) is 3.12. The number of rotatable bonds is 5. The van der Waals surface area contributed by atoms with Crippen molar-refractivity contribution in [2.45, 2.75) is 26.3 Å². The Morgan fingerprint density at radius 1 is 1.33 bits per heavy atom. The summed E-state index contributed by atoms with van der Waals surface area (Å²) in [7, 11) is 1.53. The highest BCUT2D eigenvalue weighted by Gasteiger charge is 2.24. The molecule has 0 saturated carbocycles. The Kier molecular flexibility index (Phi) is 5.73. The van der Waals surface area contributed by atoms with Gasteiger partial charge in [-0.15, -0.1) is 0 Å². The van der Waals surface area contributed by atoms with Crippen LogP contribution in [0.5, 0.6) is 0 Å². The predicted octanol–water partition coefficient (Wildman–Crippen LogP) is 2.57. The van der Waals surface area contributed by atoms with E-state index in [0.717, 1.165) is 0 Å². The van der Waals surface area contributed by atoms with Crippen molar-refractivity contribution in [2.24, 2.45) is 0 Å². The van der Waals surface area contributed by atoms with Crippen LogP contribution in [0.1, 0.15) is 30.6 Å². The van der Waals surface area contributed by atoms with Crippen molar-refractivity contribution in [3.63, 3.8) is 0 Å². The number of aromatic carboxylic acids is 1. The molecule has 2 amide bonds. The predicted molar refractivity (Wildman–Crippen MR) is 79.3 cm³/mol. The van der Waals surface area contributed by atoms with Gasteiger partial charge in [0.2, 0.25) is 0 Å². The molecule has 1 rings (SSSR count). The third-order valence-electron chi connectivity index (χ3n) is 3.12. The van der Waals surface area contributed by atoms with Crippen LogP contribution in [0.2, 0.25) is 0 Å². The van der Waals surface area contributed by atoms with Crippen LogP contribution < -0.4 is 4.90 Å². The molecule has 1 aromatic rings. The Hall–Kier alpha value is -2.55. The zero-order chi connectivity index (χ0) is 16.0. The molecule has 21 heavy (non-hydrogen) atoms. The SMILES string of the molecule is CC(C)N(CCC#N)C(=O)N(C)c1ccccc1C(=O)O. The number of amides is 2. The lowest BCUT2D eigenvalue weighted by molar-refractivity contribution is 0.0697. The molecule has 0 heterocycles. The molecule has 0 radical (unpaired) electrons. The Bertz CT molecular complexity index is 564. The number of nitrogens with zero attached hydrogens (tertiary/aromatic N) is 3. The van der Waals surface area contributed by atoms with Crippen LogP contribution in [0.15, 0.2) is 24.3 Å². The maximum Gasteiger partial charge on any atom is 0.337 e. The maximum atomic E-state index is 12.5. The van der Waals surface area contributed by atoms with E-state index in [9.17, 15) is 14.7 Å². The topological polar surface area (TPSA) is 84.6 Å². The van der Waals surface area contributed by atoms with Crippen LogP contribution in [0.4, 0.5) is 10.5 Å². The summed E-state index contributed by atoms with van der Waals surface area (Å²) in [6.07, 6.45) is 0.234. The number of hydrogen-bond acceptors (Lipinski definition) is 3. The molecule has 0 saturated heterocycles. The van der Waals surface area contributed by atoms with E-state index >= 15 is 0 Å². The number of hydrogen-bond donors (Lipinski definition) is 1. The first-order valence-corrected chi connectivity index (χ1v) is 6.63. The zero-order valence-corrected chi connectivity index (χ0v) is 12.4. The van der Waals surface area contributed by atoms with Gasteiger partial charge in [-0.25, -0.2) is 9.59 Å². The molecular weight excluding hydrogens is 270 g/mol. The number of carboxylic acids is 1. The highest BCUT2D eigenvalue weighted by atomic mass is 16.4. The Morgan fingerprint density at radius 3 is 2.48 bits per heavy atom. The average Bonchev–Trinajstić information content (AvgIpc) is 2.46. The first-order chi connectivity index (χ1) is 9.90. The van der Waals surface area contributed by atoms with E-state index in [1.54, 1.807) is 23.1 Å². The molecule has 0 spiro atoms. The monoisotopic (exact) mass is 289 g/mol. The van der Waals surface area contributed by atoms with Crippen LogP contribution in [0.3, 0.4) is 0 Å². The Morgan fingerprint density at radius 2 is 1.95 bits per heavy atom. The van der Waals surface area contributed by atoms with Gasteiger partial charge in [-0.3, -0.25) is 4.90 Å². The summed E-state index contributed by atoms with van der Waals surface area (Å²) in [6, 6.07) is 7.94. The Labute approximate surface area is 124 Å². The summed E-state index contributed by atoms with van der Waals surface area (Å²) in [6.45, 7) is 4.02. The van der Waals surface area contributed by atoms with Gasteiger partial charge in [0.05, 0.1) is 23.7 Å². The van der Waals surface area contributed by atoms with Gasteiger partial charge in [-0.2, -0.15) is 5.26 Å². The molecule has 0 atom stereocenters. The van der Waals surface area contributed by atoms with E-state index in [0.29, 0.717) is 12.2 Å². The van der Waals surface area contributed by atoms with Gasteiger partial charge in [-0.1, -0.05) is 12.1 Å². The number of carboxylic acid groups (broad SMARTS) is 1. The van der Waals surface area contributed by atoms with Gasteiger partial charge in [0.15, 0.2) is 0 Å². The summed E-state index contributed by atoms with van der Waals surface area (Å²) < 4.78 is 0. The van der Waals surface area contributed by atoms with Gasteiger partial charge in [-0.05, 0) is 26.0 Å². The number of benzene rings is 1. The first-order valence-electron chi connectivity index (χ1n) is 6.63. The second kappa shape index (κ2) is 7.29. The van der Waals surface area contributed by atoms with E-state index in [4.69, 9.17) is 5.26 Å². The minimum absolute atomic E-state index is 0.0670. The van der Waals surface area contributed by atoms with Gasteiger partial charge in [0.1, 0.15) is 0 Å². The number of urea groups is 1. The van der Waals surface area contributed by atoms with E-state index in [1.165, 1.54) is 18.0 Å². The lowest BCUT2D eigenvalue weighted by Gasteiger charge is -2.31. The molecule has 6 heteroatoms. The summed E-state index contributed by atoms with van der Waals surface area (Å²) in [5.74, 6) is -1.08. The summed E-state index contributed by atoms with van der Waals surface area (Å²) in [5.41, 5.74) is 0.398. The first kappa shape index (κ1) is 16.5. The van der Waals surface area contributed by atoms with Crippen LogP contribution in [-0.2, 0) is 0 Å². The summed E-state index contributed by atoms with van der Waals surface area (Å²) in [5, 5.41) is 17.9. The van der Waals surface area contributed by atoms with Crippen LogP contribution >= 0.6 is 0 Å². The molecule has 112 valence electrons. The molecular formula is C15H19N3O3. The van der Waals surface area contributed by atoms with Crippen molar-refractivity contribution in [3.8, 4) is 6.07 Å². The van der Waals surface area contributed by atoms with Gasteiger partial charge in [0.25, 0.3) is 0 Å². The number of para-hydroxylation sites is 1. The van der Waals surface area contributed by atoms with Gasteiger partial charge in [0, 0.05) is 19.6 Å². The quantitative estimate of drug-likeness (QED) is 0.902. The van der Waals surface area contributed by atoms with Crippen LogP contribution in [-0.4, -0.2) is 41.6 Å². The van der Waals surface area contributed by atoms with Crippen molar-refractivity contribution in [1.29, 1.82) is 5.26 Å². The highest BCUT2D eigenvalue weighted by Crippen LogP contribution is 2.21. The van der Waals surface area contributed by atoms with Crippen molar-refractivity contribution in [2.75, 3.05) is 18.5 Å². The molecule has 1 N–H and O–H groups in total. The summed E-state index contributed by atoms with van der Waals surface area (Å²) >= 11 is 0. The fourth-order valence-corrected chi connectivity index (χ4v) is 1.99. The third kappa shape index (κ3) is 3.96. The van der Waals surface area contributed by atoms with Gasteiger partial charge >= 0.3 is 12.0 Å². The molecule has 0 aliphatic rings. The lowest BCUT2D eigenvalue weighted by atomic mass is 10.1. The minimum atomic E-state index is -1.08. The smallest absolute Gasteiger partial charge is 0.337 e. The van der Waals surface area contributed by atoms with Crippen molar-refractivity contribution in [3.05, 3.63) is 29.8 Å². The largest absolute Gasteiger partial charge is 0.478 e. The van der Waals surface area contributed by atoms with E-state index < -0.39 is 5.97 Å². The Balaban J connectivity index is 3.06. The van der Waals surface area contributed by atoms with Gasteiger partial charge < -0.3 is 10.0 Å². The molecule has 1 aromatic carbocycles. The molecule has 0 aliphatic heterocycles. The van der Waals surface area contributed by atoms with Crippen LogP contribution in [0.25, 0.3) is 0 Å². The normalized spacial score (nSPS) is 10.0. The van der Waals surface area contributed by atoms with E-state index in [1.807, 2.05) is 19.9 Å². The molecule has 0 aromatic heterocycles. The van der Waals surface area contributed by atoms with Crippen molar-refractivity contribution < 1.29 is 14.7 Å². The second-order valence-corrected chi connectivity index (χ2v) is 4.86. The maximum absolute atomic E-state index is 12.5. The fraction of sp³-hybridized carbons (Fsp3) is 0.400. The van der Waals surface area contributed by atoms with E-state index in [2.05, 4.69) is 0 Å². The van der Waals surface area contributed by atoms with Crippen molar-refractivity contribution >= 4 is 17.7 Å². The highest BCUT2D eigenvalue weighted by molar-refractivity contribution is 6.01. The number of carbonyl (C=O) groups is 2. The van der Waals surface area contributed by atoms with Crippen molar-refractivity contribution in [1.82, 2.24) is 4.90 Å². The number of carbonyl (C=O) groups excluding carboxylic acids is 1. The molecule has 6 nitrogen and oxygen atoms in total. The number of anilines is 1. The molecule has 0 bridgehead atoms. The fourth-order valence-electron chi connectivity index (χ4n) is 1.99. The zero-order valence-electron chi connectivity index (χ0n) is 12.4. The second-order valence-electron chi connectivity index (χ2n) is 4.86. The summed E-state index contributed by atoms with van der Waals surface area (Å²) in [4.78, 5) is 26.6. The minimum Gasteiger partial charge on any atom is -0.478 e. The molecule has 0 aliphatic carbocycles. The average molecular weight is 289 g/mol. The standard InChI is InChI=1S/C15H19N3O3/c1-11(2)18(10-6-9-16)15(21)17(3)13-8-5-4-7-12(13)14(19)20/h4-5,7-8,11H,6,10H2,1-3H3,(H,19,20). The van der Waals surface area contributed by atoms with Crippen LogP contribution in [0, 0.1) is 11.3 Å². The molecule has 0 unspecified atom stereocenters.